The van der Waals surface area contributed by atoms with Gasteiger partial charge in [-0.2, -0.15) is 0 Å². The average Bonchev–Trinajstić information content (AvgIpc) is 2.64. The van der Waals surface area contributed by atoms with Crippen LogP contribution < -0.4 is 5.32 Å². The van der Waals surface area contributed by atoms with Crippen LogP contribution in [0.4, 0.5) is 0 Å². The van der Waals surface area contributed by atoms with Crippen molar-refractivity contribution in [3.05, 3.63) is 52.8 Å². The molecule has 2 aromatic rings. The van der Waals surface area contributed by atoms with E-state index in [0.717, 1.165) is 23.4 Å². The summed E-state index contributed by atoms with van der Waals surface area (Å²) in [6.07, 6.45) is 0.974. The average molecular weight is 388 g/mol. The lowest BCUT2D eigenvalue weighted by atomic mass is 10.1. The molecule has 1 aromatic heterocycles. The van der Waals surface area contributed by atoms with E-state index in [0.29, 0.717) is 5.16 Å². The molecule has 0 spiro atoms. The van der Waals surface area contributed by atoms with Crippen LogP contribution in [0, 0.1) is 13.8 Å². The van der Waals surface area contributed by atoms with E-state index in [1.54, 1.807) is 0 Å². The molecule has 0 aliphatic heterocycles. The lowest BCUT2D eigenvalue weighted by Crippen LogP contribution is -2.31. The highest BCUT2D eigenvalue weighted by molar-refractivity contribution is 7.99. The predicted molar refractivity (Wildman–Crippen MR) is 106 cm³/mol. The molecule has 0 radical (unpaired) electrons. The van der Waals surface area contributed by atoms with Crippen molar-refractivity contribution in [2.45, 2.75) is 45.3 Å². The van der Waals surface area contributed by atoms with Crippen molar-refractivity contribution in [1.29, 1.82) is 0 Å². The normalized spacial score (nSPS) is 11.7. The van der Waals surface area contributed by atoms with Gasteiger partial charge in [0.05, 0.1) is 11.8 Å². The summed E-state index contributed by atoms with van der Waals surface area (Å²) in [7, 11) is 0. The van der Waals surface area contributed by atoms with E-state index in [9.17, 15) is 9.59 Å². The van der Waals surface area contributed by atoms with Crippen molar-refractivity contribution >= 4 is 23.6 Å². The highest BCUT2D eigenvalue weighted by atomic mass is 32.2. The second-order valence-corrected chi connectivity index (χ2v) is 7.21. The molecular weight excluding hydrogens is 362 g/mol. The van der Waals surface area contributed by atoms with Crippen LogP contribution in [-0.4, -0.2) is 34.2 Å². The Bertz CT molecular complexity index is 773. The van der Waals surface area contributed by atoms with Crippen molar-refractivity contribution in [2.75, 3.05) is 12.4 Å². The van der Waals surface area contributed by atoms with Crippen molar-refractivity contribution in [3.63, 3.8) is 0 Å². The molecule has 1 atom stereocenters. The summed E-state index contributed by atoms with van der Waals surface area (Å²) in [5.41, 5.74) is 3.95. The van der Waals surface area contributed by atoms with E-state index in [2.05, 4.69) is 22.2 Å². The van der Waals surface area contributed by atoms with Gasteiger partial charge in [0.15, 0.2) is 11.8 Å². The summed E-state index contributed by atoms with van der Waals surface area (Å²) in [6, 6.07) is 9.80. The van der Waals surface area contributed by atoms with Gasteiger partial charge < -0.3 is 10.1 Å². The molecule has 144 valence electrons. The summed E-state index contributed by atoms with van der Waals surface area (Å²) in [6.45, 7) is 7.44. The number of aromatic nitrogens is 2. The van der Waals surface area contributed by atoms with Crippen molar-refractivity contribution in [3.8, 4) is 0 Å². The maximum absolute atomic E-state index is 12.0. The number of hydrogen-bond donors (Lipinski definition) is 1. The van der Waals surface area contributed by atoms with Crippen LogP contribution in [0.2, 0.25) is 0 Å². The Hall–Kier alpha value is -2.41. The Balaban J connectivity index is 1.74. The molecular formula is C20H25N3O3S. The lowest BCUT2D eigenvalue weighted by Gasteiger charge is -2.15. The van der Waals surface area contributed by atoms with Gasteiger partial charge in [-0.1, -0.05) is 43.0 Å². The first-order chi connectivity index (χ1) is 12.9. The smallest absolute Gasteiger partial charge is 0.316 e. The Kier molecular flexibility index (Phi) is 7.79. The highest BCUT2D eigenvalue weighted by Gasteiger charge is 2.13. The molecule has 0 saturated carbocycles. The second-order valence-electron chi connectivity index (χ2n) is 6.27. The molecule has 0 saturated heterocycles. The summed E-state index contributed by atoms with van der Waals surface area (Å²) in [5, 5.41) is 3.36. The van der Waals surface area contributed by atoms with E-state index >= 15 is 0 Å². The molecule has 0 bridgehead atoms. The predicted octanol–water partition coefficient (Wildman–Crippen LogP) is 3.17. The number of esters is 1. The molecule has 1 unspecified atom stereocenters. The maximum atomic E-state index is 12.0. The molecule has 0 aliphatic rings. The molecule has 0 aliphatic carbocycles. The van der Waals surface area contributed by atoms with Gasteiger partial charge in [-0.15, -0.1) is 0 Å². The van der Waals surface area contributed by atoms with Gasteiger partial charge in [0.1, 0.15) is 0 Å². The van der Waals surface area contributed by atoms with E-state index in [4.69, 9.17) is 4.74 Å². The summed E-state index contributed by atoms with van der Waals surface area (Å²) in [5.74, 6) is -0.745. The topological polar surface area (TPSA) is 81.2 Å². The number of rotatable bonds is 8. The number of thioether (sulfide) groups is 1. The quantitative estimate of drug-likeness (QED) is 0.426. The highest BCUT2D eigenvalue weighted by Crippen LogP contribution is 2.15. The van der Waals surface area contributed by atoms with E-state index < -0.39 is 5.97 Å². The molecule has 0 fully saturated rings. The number of amides is 1. The maximum Gasteiger partial charge on any atom is 0.316 e. The first-order valence-electron chi connectivity index (χ1n) is 8.86. The summed E-state index contributed by atoms with van der Waals surface area (Å²) >= 11 is 1.19. The fourth-order valence-corrected chi connectivity index (χ4v) is 3.23. The zero-order valence-corrected chi connectivity index (χ0v) is 16.9. The number of hydrogen-bond acceptors (Lipinski definition) is 6. The standard InChI is InChI=1S/C20H25N3O3S/c1-5-16-6-8-17(9-7-16)15(4)23-18(24)11-26-19(25)12-27-20-21-13(2)10-14(3)22-20/h6-10,15H,5,11-12H2,1-4H3,(H,23,24). The zero-order valence-electron chi connectivity index (χ0n) is 16.1. The number of ether oxygens (including phenoxy) is 1. The van der Waals surface area contributed by atoms with Crippen LogP contribution >= 0.6 is 11.8 Å². The van der Waals surface area contributed by atoms with Crippen molar-refractivity contribution in [1.82, 2.24) is 15.3 Å². The monoisotopic (exact) mass is 387 g/mol. The molecule has 7 heteroatoms. The SMILES string of the molecule is CCc1ccc(C(C)NC(=O)COC(=O)CSc2nc(C)cc(C)n2)cc1. The third-order valence-corrected chi connectivity index (χ3v) is 4.73. The van der Waals surface area contributed by atoms with Gasteiger partial charge in [0.25, 0.3) is 5.91 Å². The molecule has 1 heterocycles. The summed E-state index contributed by atoms with van der Waals surface area (Å²) < 4.78 is 5.03. The van der Waals surface area contributed by atoms with Gasteiger partial charge in [-0.3, -0.25) is 9.59 Å². The van der Waals surface area contributed by atoms with Gasteiger partial charge >= 0.3 is 5.97 Å². The Morgan fingerprint density at radius 1 is 1.15 bits per heavy atom. The second kappa shape index (κ2) is 10.1. The fourth-order valence-electron chi connectivity index (χ4n) is 2.48. The first-order valence-corrected chi connectivity index (χ1v) is 9.85. The Morgan fingerprint density at radius 3 is 2.37 bits per heavy atom. The van der Waals surface area contributed by atoms with Crippen LogP contribution in [0.25, 0.3) is 0 Å². The van der Waals surface area contributed by atoms with Gasteiger partial charge in [0, 0.05) is 11.4 Å². The van der Waals surface area contributed by atoms with Gasteiger partial charge in [-0.25, -0.2) is 9.97 Å². The lowest BCUT2D eigenvalue weighted by molar-refractivity contribution is -0.146. The number of benzene rings is 1. The number of nitrogens with one attached hydrogen (secondary N) is 1. The van der Waals surface area contributed by atoms with E-state index in [1.165, 1.54) is 17.3 Å². The van der Waals surface area contributed by atoms with Crippen LogP contribution in [0.3, 0.4) is 0 Å². The van der Waals surface area contributed by atoms with Gasteiger partial charge in [0.2, 0.25) is 0 Å². The molecule has 2 rings (SSSR count). The van der Waals surface area contributed by atoms with Crippen molar-refractivity contribution < 1.29 is 14.3 Å². The van der Waals surface area contributed by atoms with Gasteiger partial charge in [-0.05, 0) is 44.4 Å². The number of nitrogens with zero attached hydrogens (tertiary/aromatic N) is 2. The summed E-state index contributed by atoms with van der Waals surface area (Å²) in [4.78, 5) is 32.3. The van der Waals surface area contributed by atoms with E-state index in [-0.39, 0.29) is 24.3 Å². The fraction of sp³-hybridized carbons (Fsp3) is 0.400. The zero-order chi connectivity index (χ0) is 19.8. The molecule has 1 aromatic carbocycles. The Morgan fingerprint density at radius 2 is 1.78 bits per heavy atom. The largest absolute Gasteiger partial charge is 0.455 e. The van der Waals surface area contributed by atoms with Crippen LogP contribution in [-0.2, 0) is 20.7 Å². The first kappa shape index (κ1) is 20.9. The number of carbonyl (C=O) groups is 2. The van der Waals surface area contributed by atoms with Crippen LogP contribution in [0.15, 0.2) is 35.5 Å². The molecule has 6 nitrogen and oxygen atoms in total. The minimum atomic E-state index is -0.474. The third-order valence-electron chi connectivity index (χ3n) is 3.91. The van der Waals surface area contributed by atoms with E-state index in [1.807, 2.05) is 51.1 Å². The number of carbonyl (C=O) groups excluding carboxylic acids is 2. The minimum Gasteiger partial charge on any atom is -0.455 e. The molecule has 1 amide bonds. The molecule has 27 heavy (non-hydrogen) atoms. The molecule has 1 N–H and O–H groups in total. The van der Waals surface area contributed by atoms with Crippen LogP contribution in [0.5, 0.6) is 0 Å². The number of aryl methyl sites for hydroxylation is 3. The minimum absolute atomic E-state index is 0.0597. The third kappa shape index (κ3) is 7.02. The Labute approximate surface area is 164 Å². The van der Waals surface area contributed by atoms with Crippen molar-refractivity contribution in [2.24, 2.45) is 0 Å². The van der Waals surface area contributed by atoms with Crippen LogP contribution in [0.1, 0.15) is 42.4 Å².